The summed E-state index contributed by atoms with van der Waals surface area (Å²) in [5.41, 5.74) is 0.457. The van der Waals surface area contributed by atoms with Crippen LogP contribution in [0.15, 0.2) is 0 Å². The molecule has 2 fully saturated rings. The maximum atomic E-state index is 12.3. The fourth-order valence-corrected chi connectivity index (χ4v) is 3.43. The molecule has 1 aliphatic carbocycles. The molecule has 0 spiro atoms. The predicted molar refractivity (Wildman–Crippen MR) is 85.3 cm³/mol. The molecule has 0 aromatic heterocycles. The van der Waals surface area contributed by atoms with Gasteiger partial charge in [0.1, 0.15) is 0 Å². The Morgan fingerprint density at radius 3 is 2.43 bits per heavy atom. The molecule has 0 unspecified atom stereocenters. The molecule has 21 heavy (non-hydrogen) atoms. The van der Waals surface area contributed by atoms with Crippen LogP contribution in [-0.2, 0) is 9.53 Å². The fraction of sp³-hybridized carbons (Fsp3) is 0.941. The Morgan fingerprint density at radius 2 is 1.81 bits per heavy atom. The van der Waals surface area contributed by atoms with Gasteiger partial charge in [-0.15, -0.1) is 0 Å². The van der Waals surface area contributed by atoms with Crippen molar-refractivity contribution < 1.29 is 9.53 Å². The number of ether oxygens (including phenoxy) is 1. The lowest BCUT2D eigenvalue weighted by atomic mass is 9.75. The molecule has 1 saturated carbocycles. The number of rotatable bonds is 5. The molecule has 2 rings (SSSR count). The highest BCUT2D eigenvalue weighted by atomic mass is 16.5. The van der Waals surface area contributed by atoms with E-state index in [1.54, 1.807) is 0 Å². The second-order valence-corrected chi connectivity index (χ2v) is 7.47. The molecular formula is C17H32N2O2. The van der Waals surface area contributed by atoms with Gasteiger partial charge < -0.3 is 15.0 Å². The van der Waals surface area contributed by atoms with Crippen LogP contribution in [0.1, 0.15) is 58.8 Å². The summed E-state index contributed by atoms with van der Waals surface area (Å²) in [6, 6.07) is 0.435. The topological polar surface area (TPSA) is 41.6 Å². The van der Waals surface area contributed by atoms with Gasteiger partial charge in [0.15, 0.2) is 0 Å². The van der Waals surface area contributed by atoms with Crippen molar-refractivity contribution in [2.45, 2.75) is 70.9 Å². The molecule has 1 saturated heterocycles. The molecule has 0 aromatic carbocycles. The highest BCUT2D eigenvalue weighted by molar-refractivity contribution is 5.76. The molecule has 122 valence electrons. The minimum Gasteiger partial charge on any atom is -0.378 e. The van der Waals surface area contributed by atoms with E-state index in [4.69, 9.17) is 4.74 Å². The Labute approximate surface area is 129 Å². The monoisotopic (exact) mass is 296 g/mol. The number of hydrogen-bond donors (Lipinski definition) is 1. The quantitative estimate of drug-likeness (QED) is 0.848. The molecule has 1 N–H and O–H groups in total. The van der Waals surface area contributed by atoms with E-state index in [1.807, 2.05) is 11.9 Å². The van der Waals surface area contributed by atoms with Gasteiger partial charge >= 0.3 is 0 Å². The van der Waals surface area contributed by atoms with Crippen molar-refractivity contribution in [2.24, 2.45) is 5.41 Å². The van der Waals surface area contributed by atoms with Gasteiger partial charge in [0.2, 0.25) is 5.91 Å². The normalized spacial score (nSPS) is 24.0. The maximum Gasteiger partial charge on any atom is 0.224 e. The Balaban J connectivity index is 1.65. The summed E-state index contributed by atoms with van der Waals surface area (Å²) in [5, 5.41) is 3.33. The summed E-state index contributed by atoms with van der Waals surface area (Å²) in [4.78, 5) is 14.3. The second-order valence-electron chi connectivity index (χ2n) is 7.47. The van der Waals surface area contributed by atoms with Crippen LogP contribution < -0.4 is 5.32 Å². The van der Waals surface area contributed by atoms with Gasteiger partial charge in [-0.25, -0.2) is 0 Å². The van der Waals surface area contributed by atoms with Crippen LogP contribution in [0.3, 0.4) is 0 Å². The predicted octanol–water partition coefficient (Wildman–Crippen LogP) is 2.57. The summed E-state index contributed by atoms with van der Waals surface area (Å²) in [6.45, 7) is 7.31. The van der Waals surface area contributed by atoms with Crippen LogP contribution >= 0.6 is 0 Å². The maximum absolute atomic E-state index is 12.3. The van der Waals surface area contributed by atoms with Crippen molar-refractivity contribution in [2.75, 3.05) is 26.7 Å². The lowest BCUT2D eigenvalue weighted by Crippen LogP contribution is -2.41. The smallest absolute Gasteiger partial charge is 0.224 e. The van der Waals surface area contributed by atoms with Crippen molar-refractivity contribution in [3.63, 3.8) is 0 Å². The fourth-order valence-electron chi connectivity index (χ4n) is 3.43. The van der Waals surface area contributed by atoms with Gasteiger partial charge in [0.05, 0.1) is 19.1 Å². The van der Waals surface area contributed by atoms with Crippen molar-refractivity contribution in [3.8, 4) is 0 Å². The number of piperidine rings is 1. The zero-order valence-corrected chi connectivity index (χ0v) is 14.0. The first kappa shape index (κ1) is 16.8. The zero-order valence-electron chi connectivity index (χ0n) is 14.0. The lowest BCUT2D eigenvalue weighted by Gasteiger charge is -2.38. The third-order valence-electron chi connectivity index (χ3n) is 5.21. The minimum atomic E-state index is 0.244. The Bertz CT molecular complexity index is 328. The Kier molecular flexibility index (Phi) is 6.06. The van der Waals surface area contributed by atoms with Crippen molar-refractivity contribution in [3.05, 3.63) is 0 Å². The molecule has 0 bridgehead atoms. The summed E-state index contributed by atoms with van der Waals surface area (Å²) in [6.07, 6.45) is 7.75. The molecular weight excluding hydrogens is 264 g/mol. The van der Waals surface area contributed by atoms with E-state index in [9.17, 15) is 4.79 Å². The third kappa shape index (κ3) is 5.26. The standard InChI is InChI=1S/C17H32N2O2/c1-17(2)9-4-14(5-10-17)19(3)16(20)8-13-21-15-6-11-18-12-7-15/h14-15,18H,4-13H2,1-3H3. The largest absolute Gasteiger partial charge is 0.378 e. The molecule has 1 aliphatic heterocycles. The summed E-state index contributed by atoms with van der Waals surface area (Å²) < 4.78 is 5.84. The molecule has 1 amide bonds. The molecule has 0 aromatic rings. The highest BCUT2D eigenvalue weighted by Gasteiger charge is 2.30. The Morgan fingerprint density at radius 1 is 1.19 bits per heavy atom. The van der Waals surface area contributed by atoms with Crippen LogP contribution in [-0.4, -0.2) is 49.7 Å². The minimum absolute atomic E-state index is 0.244. The van der Waals surface area contributed by atoms with E-state index in [-0.39, 0.29) is 5.91 Å². The van der Waals surface area contributed by atoms with E-state index in [2.05, 4.69) is 19.2 Å². The van der Waals surface area contributed by atoms with Gasteiger partial charge in [-0.3, -0.25) is 4.79 Å². The molecule has 0 radical (unpaired) electrons. The SMILES string of the molecule is CN(C(=O)CCOC1CCNCC1)C1CCC(C)(C)CC1. The number of carbonyl (C=O) groups is 1. The lowest BCUT2D eigenvalue weighted by molar-refractivity contribution is -0.134. The molecule has 4 heteroatoms. The van der Waals surface area contributed by atoms with E-state index in [0.717, 1.165) is 38.8 Å². The number of nitrogens with zero attached hydrogens (tertiary/aromatic N) is 1. The summed E-state index contributed by atoms with van der Waals surface area (Å²) in [7, 11) is 1.97. The average molecular weight is 296 g/mol. The van der Waals surface area contributed by atoms with E-state index in [0.29, 0.717) is 30.6 Å². The molecule has 2 aliphatic rings. The Hall–Kier alpha value is -0.610. The van der Waals surface area contributed by atoms with E-state index < -0.39 is 0 Å². The first-order valence-electron chi connectivity index (χ1n) is 8.56. The van der Waals surface area contributed by atoms with Crippen LogP contribution in [0, 0.1) is 5.41 Å². The number of hydrogen-bond acceptors (Lipinski definition) is 3. The van der Waals surface area contributed by atoms with Crippen molar-refractivity contribution >= 4 is 5.91 Å². The van der Waals surface area contributed by atoms with Gasteiger partial charge in [0.25, 0.3) is 0 Å². The van der Waals surface area contributed by atoms with Gasteiger partial charge in [0, 0.05) is 13.1 Å². The van der Waals surface area contributed by atoms with Crippen molar-refractivity contribution in [1.82, 2.24) is 10.2 Å². The zero-order chi connectivity index (χ0) is 15.3. The van der Waals surface area contributed by atoms with E-state index in [1.165, 1.54) is 12.8 Å². The first-order chi connectivity index (χ1) is 9.98. The summed E-state index contributed by atoms with van der Waals surface area (Å²) in [5.74, 6) is 0.244. The van der Waals surface area contributed by atoms with Crippen LogP contribution in [0.2, 0.25) is 0 Å². The molecule has 1 heterocycles. The van der Waals surface area contributed by atoms with Crippen molar-refractivity contribution in [1.29, 1.82) is 0 Å². The highest BCUT2D eigenvalue weighted by Crippen LogP contribution is 2.36. The number of carbonyl (C=O) groups excluding carboxylic acids is 1. The van der Waals surface area contributed by atoms with Crippen LogP contribution in [0.5, 0.6) is 0 Å². The first-order valence-corrected chi connectivity index (χ1v) is 8.56. The van der Waals surface area contributed by atoms with Crippen LogP contribution in [0.4, 0.5) is 0 Å². The van der Waals surface area contributed by atoms with Crippen LogP contribution in [0.25, 0.3) is 0 Å². The number of nitrogens with one attached hydrogen (secondary N) is 1. The molecule has 4 nitrogen and oxygen atoms in total. The number of amides is 1. The van der Waals surface area contributed by atoms with Gasteiger partial charge in [-0.05, 0) is 57.0 Å². The second kappa shape index (κ2) is 7.59. The van der Waals surface area contributed by atoms with Gasteiger partial charge in [-0.1, -0.05) is 13.8 Å². The van der Waals surface area contributed by atoms with E-state index >= 15 is 0 Å². The van der Waals surface area contributed by atoms with Gasteiger partial charge in [-0.2, -0.15) is 0 Å². The average Bonchev–Trinajstić information content (AvgIpc) is 2.47. The molecule has 0 atom stereocenters. The third-order valence-corrected chi connectivity index (χ3v) is 5.21. The summed E-state index contributed by atoms with van der Waals surface area (Å²) >= 11 is 0.